The van der Waals surface area contributed by atoms with Gasteiger partial charge in [-0.05, 0) is 29.7 Å². The quantitative estimate of drug-likeness (QED) is 0.449. The van der Waals surface area contributed by atoms with Crippen molar-refractivity contribution in [2.24, 2.45) is 5.92 Å². The third-order valence-electron chi connectivity index (χ3n) is 4.40. The summed E-state index contributed by atoms with van der Waals surface area (Å²) in [6, 6.07) is 7.91. The van der Waals surface area contributed by atoms with Crippen LogP contribution < -0.4 is 5.32 Å². The van der Waals surface area contributed by atoms with Crippen LogP contribution in [0.1, 0.15) is 6.42 Å². The van der Waals surface area contributed by atoms with Gasteiger partial charge < -0.3 is 14.8 Å². The SMILES string of the molecule is O=C(O)C(F)(F)F.[C-]#[N+]c1c(F)cccc1-c1ccc2nc(NC(=O)[C@@H]3C[C@@H]3F)cn2c1. The molecule has 1 fully saturated rings. The number of nitrogens with zero attached hydrogens (tertiary/aromatic N) is 3. The number of amides is 1. The Labute approximate surface area is 176 Å². The molecule has 7 nitrogen and oxygen atoms in total. The molecule has 2 N–H and O–H groups in total. The van der Waals surface area contributed by atoms with Crippen LogP contribution in [-0.2, 0) is 9.59 Å². The molecule has 0 radical (unpaired) electrons. The van der Waals surface area contributed by atoms with Crippen LogP contribution in [0.15, 0.2) is 42.7 Å². The van der Waals surface area contributed by atoms with Crippen LogP contribution in [0.4, 0.5) is 33.5 Å². The standard InChI is InChI=1S/C18H12F2N4O.C2HF3O2/c1-21-17-11(3-2-4-13(17)19)10-5-6-16-22-15(9-24(16)8-10)23-18(25)12-7-14(12)20;3-2(4,5)1(6)7/h2-6,8-9,12,14H,7H2,(H,23,25);(H,6,7)/t12-,14+;/m1./s1. The van der Waals surface area contributed by atoms with Gasteiger partial charge in [-0.2, -0.15) is 13.2 Å². The number of anilines is 1. The van der Waals surface area contributed by atoms with Crippen LogP contribution in [0, 0.1) is 18.3 Å². The number of fused-ring (bicyclic) bond motifs is 1. The Bertz CT molecular complexity index is 1230. The van der Waals surface area contributed by atoms with Crippen molar-refractivity contribution in [3.8, 4) is 11.1 Å². The van der Waals surface area contributed by atoms with Crippen molar-refractivity contribution in [2.45, 2.75) is 18.8 Å². The first-order valence-electron chi connectivity index (χ1n) is 8.91. The topological polar surface area (TPSA) is 88.1 Å². The van der Waals surface area contributed by atoms with E-state index >= 15 is 0 Å². The number of halogens is 5. The molecule has 1 aliphatic carbocycles. The van der Waals surface area contributed by atoms with Crippen LogP contribution in [0.2, 0.25) is 0 Å². The van der Waals surface area contributed by atoms with E-state index < -0.39 is 30.1 Å². The van der Waals surface area contributed by atoms with E-state index in [0.717, 1.165) is 0 Å². The highest BCUT2D eigenvalue weighted by molar-refractivity contribution is 5.94. The Morgan fingerprint density at radius 1 is 1.22 bits per heavy atom. The summed E-state index contributed by atoms with van der Waals surface area (Å²) in [6.45, 7) is 7.17. The van der Waals surface area contributed by atoms with Crippen molar-refractivity contribution in [3.63, 3.8) is 0 Å². The lowest BCUT2D eigenvalue weighted by atomic mass is 10.1. The molecule has 0 spiro atoms. The number of rotatable bonds is 3. The number of para-hydroxylation sites is 1. The van der Waals surface area contributed by atoms with Gasteiger partial charge in [0.2, 0.25) is 11.6 Å². The molecule has 12 heteroatoms. The Hall–Kier alpha value is -4.01. The van der Waals surface area contributed by atoms with Crippen molar-refractivity contribution >= 4 is 29.0 Å². The molecule has 0 bridgehead atoms. The molecule has 1 aliphatic rings. The number of aromatic nitrogens is 2. The predicted octanol–water partition coefficient (Wildman–Crippen LogP) is 4.62. The zero-order valence-electron chi connectivity index (χ0n) is 15.9. The van der Waals surface area contributed by atoms with Crippen LogP contribution in [0.3, 0.4) is 0 Å². The third kappa shape index (κ3) is 5.00. The van der Waals surface area contributed by atoms with Crippen molar-refractivity contribution in [3.05, 3.63) is 60.0 Å². The molecule has 1 amide bonds. The maximum atomic E-state index is 13.8. The van der Waals surface area contributed by atoms with Gasteiger partial charge >= 0.3 is 12.1 Å². The largest absolute Gasteiger partial charge is 0.490 e. The number of carbonyl (C=O) groups excluding carboxylic acids is 1. The highest BCUT2D eigenvalue weighted by atomic mass is 19.4. The van der Waals surface area contributed by atoms with E-state index in [1.54, 1.807) is 41.1 Å². The second-order valence-corrected chi connectivity index (χ2v) is 6.71. The van der Waals surface area contributed by atoms with Gasteiger partial charge in [-0.3, -0.25) is 4.79 Å². The Morgan fingerprint density at radius 2 is 1.88 bits per heavy atom. The monoisotopic (exact) mass is 452 g/mol. The number of nitrogens with one attached hydrogen (secondary N) is 1. The number of pyridine rings is 1. The Morgan fingerprint density at radius 3 is 2.44 bits per heavy atom. The molecule has 32 heavy (non-hydrogen) atoms. The summed E-state index contributed by atoms with van der Waals surface area (Å²) in [5.74, 6) is -3.97. The van der Waals surface area contributed by atoms with Crippen LogP contribution >= 0.6 is 0 Å². The molecule has 1 aromatic carbocycles. The summed E-state index contributed by atoms with van der Waals surface area (Å²) >= 11 is 0. The minimum absolute atomic E-state index is 0.0433. The highest BCUT2D eigenvalue weighted by Gasteiger charge is 2.43. The van der Waals surface area contributed by atoms with E-state index in [-0.39, 0.29) is 18.0 Å². The number of hydrogen-bond donors (Lipinski definition) is 2. The predicted molar refractivity (Wildman–Crippen MR) is 102 cm³/mol. The van der Waals surface area contributed by atoms with E-state index in [0.29, 0.717) is 22.6 Å². The number of carbonyl (C=O) groups is 2. The van der Waals surface area contributed by atoms with E-state index in [1.807, 2.05) is 0 Å². The number of hydrogen-bond acceptors (Lipinski definition) is 3. The van der Waals surface area contributed by atoms with E-state index in [1.165, 1.54) is 6.07 Å². The van der Waals surface area contributed by atoms with Crippen molar-refractivity contribution in [1.29, 1.82) is 0 Å². The average Bonchev–Trinajstić information content (AvgIpc) is 3.32. The summed E-state index contributed by atoms with van der Waals surface area (Å²) in [6.07, 6.45) is -2.59. The van der Waals surface area contributed by atoms with E-state index in [2.05, 4.69) is 15.1 Å². The third-order valence-corrected chi connectivity index (χ3v) is 4.40. The second kappa shape index (κ2) is 8.62. The molecular weight excluding hydrogens is 439 g/mol. The van der Waals surface area contributed by atoms with Gasteiger partial charge in [-0.1, -0.05) is 18.2 Å². The van der Waals surface area contributed by atoms with Gasteiger partial charge in [0.15, 0.2) is 5.82 Å². The second-order valence-electron chi connectivity index (χ2n) is 6.71. The maximum absolute atomic E-state index is 13.8. The average molecular weight is 452 g/mol. The Kier molecular flexibility index (Phi) is 6.11. The fourth-order valence-electron chi connectivity index (χ4n) is 2.73. The number of aliphatic carboxylic acids is 1. The lowest BCUT2D eigenvalue weighted by molar-refractivity contribution is -0.192. The normalized spacial score (nSPS) is 17.1. The maximum Gasteiger partial charge on any atom is 0.490 e. The first-order chi connectivity index (χ1) is 15.0. The van der Waals surface area contributed by atoms with Crippen molar-refractivity contribution in [2.75, 3.05) is 5.32 Å². The minimum Gasteiger partial charge on any atom is -0.475 e. The van der Waals surface area contributed by atoms with Crippen molar-refractivity contribution in [1.82, 2.24) is 9.38 Å². The van der Waals surface area contributed by atoms with Gasteiger partial charge in [0.25, 0.3) is 0 Å². The number of benzene rings is 1. The molecule has 166 valence electrons. The van der Waals surface area contributed by atoms with Crippen LogP contribution in [-0.4, -0.2) is 38.7 Å². The fourth-order valence-corrected chi connectivity index (χ4v) is 2.73. The van der Waals surface area contributed by atoms with Gasteiger partial charge in [0.05, 0.1) is 18.7 Å². The Balaban J connectivity index is 0.000000360. The number of imidazole rings is 1. The molecule has 1 saturated carbocycles. The molecule has 2 aromatic heterocycles. The summed E-state index contributed by atoms with van der Waals surface area (Å²) < 4.78 is 60.1. The molecule has 4 rings (SSSR count). The lowest BCUT2D eigenvalue weighted by Crippen LogP contribution is -2.21. The van der Waals surface area contributed by atoms with E-state index in [9.17, 15) is 26.7 Å². The van der Waals surface area contributed by atoms with E-state index in [4.69, 9.17) is 16.5 Å². The van der Waals surface area contributed by atoms with Crippen molar-refractivity contribution < 1.29 is 36.6 Å². The highest BCUT2D eigenvalue weighted by Crippen LogP contribution is 2.35. The number of carboxylic acid groups (broad SMARTS) is 1. The molecule has 0 saturated heterocycles. The van der Waals surface area contributed by atoms with Gasteiger partial charge in [-0.25, -0.2) is 23.4 Å². The number of carboxylic acids is 1. The minimum atomic E-state index is -5.08. The zero-order chi connectivity index (χ0) is 23.6. The summed E-state index contributed by atoms with van der Waals surface area (Å²) in [5.41, 5.74) is 1.67. The number of alkyl halides is 4. The molecule has 0 unspecified atom stereocenters. The van der Waals surface area contributed by atoms with Gasteiger partial charge in [-0.15, -0.1) is 0 Å². The first kappa shape index (κ1) is 22.7. The molecule has 3 aromatic rings. The summed E-state index contributed by atoms with van der Waals surface area (Å²) in [7, 11) is 0. The summed E-state index contributed by atoms with van der Waals surface area (Å²) in [4.78, 5) is 28.2. The lowest BCUT2D eigenvalue weighted by Gasteiger charge is -2.05. The van der Waals surface area contributed by atoms with Crippen LogP contribution in [0.25, 0.3) is 21.6 Å². The zero-order valence-corrected chi connectivity index (χ0v) is 15.9. The van der Waals surface area contributed by atoms with Gasteiger partial charge in [0.1, 0.15) is 17.6 Å². The first-order valence-corrected chi connectivity index (χ1v) is 8.91. The summed E-state index contributed by atoms with van der Waals surface area (Å²) in [5, 5.41) is 9.72. The van der Waals surface area contributed by atoms with Gasteiger partial charge in [0, 0.05) is 6.20 Å². The molecule has 0 aliphatic heterocycles. The molecular formula is C20H13F5N4O3. The smallest absolute Gasteiger partial charge is 0.475 e. The fraction of sp³-hybridized carbons (Fsp3) is 0.200. The molecule has 2 atom stereocenters. The van der Waals surface area contributed by atoms with Crippen LogP contribution in [0.5, 0.6) is 0 Å². The molecule has 2 heterocycles.